The highest BCUT2D eigenvalue weighted by Crippen LogP contribution is 2.36. The number of benzene rings is 3. The zero-order chi connectivity index (χ0) is 22.9. The van der Waals surface area contributed by atoms with Gasteiger partial charge in [0.05, 0.1) is 27.0 Å². The Morgan fingerprint density at radius 3 is 2.12 bits per heavy atom. The fourth-order valence-electron chi connectivity index (χ4n) is 2.93. The Morgan fingerprint density at radius 2 is 1.47 bits per heavy atom. The van der Waals surface area contributed by atoms with Crippen LogP contribution in [0, 0.1) is 11.3 Å². The van der Waals surface area contributed by atoms with Crippen molar-refractivity contribution in [3.63, 3.8) is 0 Å². The highest BCUT2D eigenvalue weighted by atomic mass is 16.5. The van der Waals surface area contributed by atoms with Crippen molar-refractivity contribution in [2.45, 2.75) is 0 Å². The maximum atomic E-state index is 12.9. The summed E-state index contributed by atoms with van der Waals surface area (Å²) in [5.74, 6) is 1.83. The minimum atomic E-state index is -0.589. The summed E-state index contributed by atoms with van der Waals surface area (Å²) in [4.78, 5) is 12.9. The van der Waals surface area contributed by atoms with Gasteiger partial charge in [-0.05, 0) is 36.4 Å². The van der Waals surface area contributed by atoms with Gasteiger partial charge in [-0.3, -0.25) is 4.79 Å². The number of rotatable bonds is 8. The third kappa shape index (κ3) is 5.18. The number of carbonyl (C=O) groups excluding carboxylic acids is 1. The molecule has 0 bridgehead atoms. The van der Waals surface area contributed by atoms with Crippen LogP contribution in [0.15, 0.2) is 72.3 Å². The van der Waals surface area contributed by atoms with Crippen LogP contribution in [0.4, 0.5) is 5.69 Å². The van der Waals surface area contributed by atoms with Gasteiger partial charge in [0.25, 0.3) is 5.91 Å². The molecule has 0 aliphatic heterocycles. The molecular weight excluding hydrogens is 408 g/mol. The van der Waals surface area contributed by atoms with Gasteiger partial charge in [-0.15, -0.1) is 0 Å². The lowest BCUT2D eigenvalue weighted by Gasteiger charge is -2.13. The van der Waals surface area contributed by atoms with Gasteiger partial charge >= 0.3 is 0 Å². The number of anilines is 1. The lowest BCUT2D eigenvalue weighted by Crippen LogP contribution is -2.14. The third-order valence-electron chi connectivity index (χ3n) is 4.51. The van der Waals surface area contributed by atoms with E-state index in [0.29, 0.717) is 40.0 Å². The van der Waals surface area contributed by atoms with Crippen LogP contribution in [0.5, 0.6) is 28.7 Å². The lowest BCUT2D eigenvalue weighted by atomic mass is 10.1. The molecule has 0 saturated heterocycles. The Morgan fingerprint density at radius 1 is 0.844 bits per heavy atom. The molecule has 32 heavy (non-hydrogen) atoms. The summed E-state index contributed by atoms with van der Waals surface area (Å²) in [6.07, 6.45) is 1.43. The van der Waals surface area contributed by atoms with Crippen molar-refractivity contribution in [1.29, 1.82) is 5.26 Å². The summed E-state index contributed by atoms with van der Waals surface area (Å²) >= 11 is 0. The summed E-state index contributed by atoms with van der Waals surface area (Å²) in [6, 6.07) is 21.4. The van der Waals surface area contributed by atoms with Gasteiger partial charge in [-0.1, -0.05) is 30.3 Å². The van der Waals surface area contributed by atoms with Crippen molar-refractivity contribution < 1.29 is 23.7 Å². The zero-order valence-electron chi connectivity index (χ0n) is 17.9. The first-order chi connectivity index (χ1) is 15.6. The summed E-state index contributed by atoms with van der Waals surface area (Å²) in [5, 5.41) is 12.4. The van der Waals surface area contributed by atoms with E-state index in [2.05, 4.69) is 5.32 Å². The molecule has 1 N–H and O–H groups in total. The molecule has 3 aromatic carbocycles. The number of hydrogen-bond acceptors (Lipinski definition) is 6. The predicted octanol–water partition coefficient (Wildman–Crippen LogP) is 5.05. The smallest absolute Gasteiger partial charge is 0.266 e. The Bertz CT molecular complexity index is 1170. The van der Waals surface area contributed by atoms with Crippen molar-refractivity contribution >= 4 is 17.7 Å². The second kappa shape index (κ2) is 10.5. The van der Waals surface area contributed by atoms with Crippen LogP contribution in [-0.4, -0.2) is 27.2 Å². The first-order valence-electron chi connectivity index (χ1n) is 9.64. The number of carbonyl (C=O) groups is 1. The Kier molecular flexibility index (Phi) is 7.33. The average molecular weight is 430 g/mol. The minimum absolute atomic E-state index is 0.120. The number of amides is 1. The monoisotopic (exact) mass is 430 g/mol. The van der Waals surface area contributed by atoms with Gasteiger partial charge in [0.2, 0.25) is 0 Å². The molecule has 162 valence electrons. The van der Waals surface area contributed by atoms with Crippen LogP contribution >= 0.6 is 0 Å². The largest absolute Gasteiger partial charge is 0.496 e. The highest BCUT2D eigenvalue weighted by molar-refractivity contribution is 6.10. The lowest BCUT2D eigenvalue weighted by molar-refractivity contribution is -0.112. The maximum Gasteiger partial charge on any atom is 0.266 e. The van der Waals surface area contributed by atoms with Gasteiger partial charge in [0.15, 0.2) is 17.2 Å². The molecule has 0 atom stereocenters. The van der Waals surface area contributed by atoms with Crippen LogP contribution < -0.4 is 24.3 Å². The SMILES string of the molecule is COc1cc(OC)c(OC)cc1/C=C(\C#N)C(=O)Nc1ccccc1Oc1ccccc1. The second-order valence-corrected chi connectivity index (χ2v) is 6.48. The summed E-state index contributed by atoms with van der Waals surface area (Å²) in [5.41, 5.74) is 0.803. The normalized spacial score (nSPS) is 10.6. The number of nitrogens with zero attached hydrogens (tertiary/aromatic N) is 1. The summed E-state index contributed by atoms with van der Waals surface area (Å²) in [7, 11) is 4.50. The van der Waals surface area contributed by atoms with Gasteiger partial charge in [-0.25, -0.2) is 0 Å². The van der Waals surface area contributed by atoms with Crippen molar-refractivity contribution in [3.8, 4) is 34.8 Å². The quantitative estimate of drug-likeness (QED) is 0.397. The molecule has 3 rings (SSSR count). The van der Waals surface area contributed by atoms with Crippen molar-refractivity contribution in [1.82, 2.24) is 0 Å². The number of nitrogens with one attached hydrogen (secondary N) is 1. The topological polar surface area (TPSA) is 89.8 Å². The van der Waals surface area contributed by atoms with Gasteiger partial charge in [0.1, 0.15) is 23.1 Å². The number of methoxy groups -OCH3 is 3. The predicted molar refractivity (Wildman–Crippen MR) is 121 cm³/mol. The van der Waals surface area contributed by atoms with Crippen LogP contribution in [0.25, 0.3) is 6.08 Å². The number of para-hydroxylation sites is 3. The molecule has 0 aliphatic carbocycles. The Balaban J connectivity index is 1.90. The van der Waals surface area contributed by atoms with E-state index < -0.39 is 5.91 Å². The molecule has 0 spiro atoms. The minimum Gasteiger partial charge on any atom is -0.496 e. The van der Waals surface area contributed by atoms with E-state index in [9.17, 15) is 10.1 Å². The van der Waals surface area contributed by atoms with E-state index in [0.717, 1.165) is 0 Å². The van der Waals surface area contributed by atoms with Gasteiger partial charge in [-0.2, -0.15) is 5.26 Å². The average Bonchev–Trinajstić information content (AvgIpc) is 2.83. The molecular formula is C25H22N2O5. The van der Waals surface area contributed by atoms with Crippen molar-refractivity contribution in [3.05, 3.63) is 77.9 Å². The second-order valence-electron chi connectivity index (χ2n) is 6.48. The molecule has 1 amide bonds. The van der Waals surface area contributed by atoms with Crippen molar-refractivity contribution in [2.75, 3.05) is 26.6 Å². The number of ether oxygens (including phenoxy) is 4. The van der Waals surface area contributed by atoms with E-state index in [4.69, 9.17) is 18.9 Å². The number of hydrogen-bond donors (Lipinski definition) is 1. The molecule has 0 radical (unpaired) electrons. The molecule has 0 aromatic heterocycles. The van der Waals surface area contributed by atoms with Crippen LogP contribution in [0.2, 0.25) is 0 Å². The molecule has 0 saturated carbocycles. The van der Waals surface area contributed by atoms with E-state index in [-0.39, 0.29) is 5.57 Å². The van der Waals surface area contributed by atoms with E-state index in [1.54, 1.807) is 36.4 Å². The van der Waals surface area contributed by atoms with Gasteiger partial charge in [0, 0.05) is 11.6 Å². The standard InChI is InChI=1S/C25H22N2O5/c1-29-22-15-24(31-3)23(30-2)14-17(22)13-18(16-26)25(28)27-20-11-7-8-12-21(20)32-19-9-5-4-6-10-19/h4-15H,1-3H3,(H,27,28)/b18-13+. The fraction of sp³-hybridized carbons (Fsp3) is 0.120. The first kappa shape index (κ1) is 22.2. The van der Waals surface area contributed by atoms with Crippen molar-refractivity contribution in [2.24, 2.45) is 0 Å². The zero-order valence-corrected chi connectivity index (χ0v) is 17.9. The van der Waals surface area contributed by atoms with E-state index in [1.807, 2.05) is 36.4 Å². The maximum absolute atomic E-state index is 12.9. The Labute approximate surface area is 186 Å². The van der Waals surface area contributed by atoms with E-state index in [1.165, 1.54) is 27.4 Å². The summed E-state index contributed by atoms with van der Waals surface area (Å²) < 4.78 is 21.8. The van der Waals surface area contributed by atoms with Crippen LogP contribution in [-0.2, 0) is 4.79 Å². The fourth-order valence-corrected chi connectivity index (χ4v) is 2.93. The Hall–Kier alpha value is -4.44. The van der Waals surface area contributed by atoms with Crippen LogP contribution in [0.3, 0.4) is 0 Å². The highest BCUT2D eigenvalue weighted by Gasteiger charge is 2.16. The summed E-state index contributed by atoms with van der Waals surface area (Å²) in [6.45, 7) is 0. The molecule has 7 heteroatoms. The molecule has 3 aromatic rings. The third-order valence-corrected chi connectivity index (χ3v) is 4.51. The molecule has 0 fully saturated rings. The van der Waals surface area contributed by atoms with Crippen LogP contribution in [0.1, 0.15) is 5.56 Å². The van der Waals surface area contributed by atoms with Gasteiger partial charge < -0.3 is 24.3 Å². The molecule has 7 nitrogen and oxygen atoms in total. The van der Waals surface area contributed by atoms with E-state index >= 15 is 0 Å². The first-order valence-corrected chi connectivity index (χ1v) is 9.64. The molecule has 0 heterocycles. The number of nitriles is 1. The molecule has 0 aliphatic rings. The molecule has 0 unspecified atom stereocenters.